The smallest absolute Gasteiger partial charge is 0.234 e. The molecule has 3 rings (SSSR count). The molecule has 0 aliphatic carbocycles. The standard InChI is InChI=1S/C18H12Cl2N4OS/c19-13-2-1-3-15(8-13)24-7-6-22-18(24)26-11-17(25)23-16-9-14(20)5-4-12(16)10-21/h1-9H,11H2,(H,23,25). The van der Waals surface area contributed by atoms with Gasteiger partial charge in [-0.25, -0.2) is 4.98 Å². The van der Waals surface area contributed by atoms with Crippen LogP contribution in [0.15, 0.2) is 60.0 Å². The molecule has 5 nitrogen and oxygen atoms in total. The minimum absolute atomic E-state index is 0.134. The molecule has 1 aromatic heterocycles. The van der Waals surface area contributed by atoms with Gasteiger partial charge in [0.25, 0.3) is 0 Å². The van der Waals surface area contributed by atoms with Crippen molar-refractivity contribution < 1.29 is 4.79 Å². The number of hydrogen-bond acceptors (Lipinski definition) is 4. The summed E-state index contributed by atoms with van der Waals surface area (Å²) < 4.78 is 1.85. The van der Waals surface area contributed by atoms with Gasteiger partial charge in [-0.3, -0.25) is 9.36 Å². The summed E-state index contributed by atoms with van der Waals surface area (Å²) in [6.07, 6.45) is 3.46. The van der Waals surface area contributed by atoms with Gasteiger partial charge in [-0.15, -0.1) is 0 Å². The molecule has 1 heterocycles. The second kappa shape index (κ2) is 8.28. The number of nitriles is 1. The highest BCUT2D eigenvalue weighted by Gasteiger charge is 2.11. The predicted molar refractivity (Wildman–Crippen MR) is 104 cm³/mol. The number of nitrogens with one attached hydrogen (secondary N) is 1. The first-order valence-electron chi connectivity index (χ1n) is 7.48. The monoisotopic (exact) mass is 402 g/mol. The third kappa shape index (κ3) is 4.38. The summed E-state index contributed by atoms with van der Waals surface area (Å²) in [5, 5.41) is 13.6. The zero-order chi connectivity index (χ0) is 18.5. The second-order valence-electron chi connectivity index (χ2n) is 5.20. The van der Waals surface area contributed by atoms with Crippen molar-refractivity contribution in [3.05, 3.63) is 70.5 Å². The van der Waals surface area contributed by atoms with Crippen LogP contribution in [0.2, 0.25) is 10.0 Å². The first kappa shape index (κ1) is 18.3. The Morgan fingerprint density at radius 1 is 1.23 bits per heavy atom. The van der Waals surface area contributed by atoms with Gasteiger partial charge >= 0.3 is 0 Å². The Bertz CT molecular complexity index is 997. The zero-order valence-electron chi connectivity index (χ0n) is 13.3. The molecule has 130 valence electrons. The molecule has 0 spiro atoms. The summed E-state index contributed by atoms with van der Waals surface area (Å²) in [7, 11) is 0. The number of nitrogens with zero attached hydrogens (tertiary/aromatic N) is 3. The van der Waals surface area contributed by atoms with Crippen LogP contribution in [-0.2, 0) is 4.79 Å². The summed E-state index contributed by atoms with van der Waals surface area (Å²) in [4.78, 5) is 16.5. The van der Waals surface area contributed by atoms with Gasteiger partial charge in [-0.2, -0.15) is 5.26 Å². The van der Waals surface area contributed by atoms with E-state index in [9.17, 15) is 4.79 Å². The first-order chi connectivity index (χ1) is 12.6. The van der Waals surface area contributed by atoms with Gasteiger partial charge in [0, 0.05) is 28.1 Å². The van der Waals surface area contributed by atoms with Gasteiger partial charge in [-0.05, 0) is 36.4 Å². The van der Waals surface area contributed by atoms with Gasteiger partial charge in [0.15, 0.2) is 5.16 Å². The Labute approximate surface area is 164 Å². The molecule has 0 saturated carbocycles. The van der Waals surface area contributed by atoms with E-state index in [4.69, 9.17) is 28.5 Å². The molecule has 2 aromatic carbocycles. The van der Waals surface area contributed by atoms with E-state index in [1.807, 2.05) is 28.8 Å². The van der Waals surface area contributed by atoms with Crippen LogP contribution in [0.5, 0.6) is 0 Å². The van der Waals surface area contributed by atoms with Crippen molar-refractivity contribution >= 4 is 46.6 Å². The first-order valence-corrected chi connectivity index (χ1v) is 9.22. The van der Waals surface area contributed by atoms with Crippen LogP contribution in [-0.4, -0.2) is 21.2 Å². The quantitative estimate of drug-likeness (QED) is 0.623. The normalized spacial score (nSPS) is 10.3. The lowest BCUT2D eigenvalue weighted by molar-refractivity contribution is -0.113. The van der Waals surface area contributed by atoms with Gasteiger partial charge in [-0.1, -0.05) is 41.0 Å². The number of carbonyl (C=O) groups is 1. The lowest BCUT2D eigenvalue weighted by Crippen LogP contribution is -2.15. The molecule has 8 heteroatoms. The molecular formula is C18H12Cl2N4OS. The number of rotatable bonds is 5. The number of thioether (sulfide) groups is 1. The average Bonchev–Trinajstić information content (AvgIpc) is 3.09. The summed E-state index contributed by atoms with van der Waals surface area (Å²) in [5.41, 5.74) is 1.61. The summed E-state index contributed by atoms with van der Waals surface area (Å²) in [5.74, 6) is -0.121. The van der Waals surface area contributed by atoms with Crippen molar-refractivity contribution in [2.45, 2.75) is 5.16 Å². The number of carbonyl (C=O) groups excluding carboxylic acids is 1. The van der Waals surface area contributed by atoms with Crippen molar-refractivity contribution in [2.75, 3.05) is 11.1 Å². The van der Waals surface area contributed by atoms with Crippen LogP contribution in [0.4, 0.5) is 5.69 Å². The fourth-order valence-corrected chi connectivity index (χ4v) is 3.38. The van der Waals surface area contributed by atoms with Crippen LogP contribution < -0.4 is 5.32 Å². The molecule has 3 aromatic rings. The summed E-state index contributed by atoms with van der Waals surface area (Å²) in [6.45, 7) is 0. The summed E-state index contributed by atoms with van der Waals surface area (Å²) in [6, 6.07) is 14.1. The predicted octanol–water partition coefficient (Wildman–Crippen LogP) is 4.78. The zero-order valence-corrected chi connectivity index (χ0v) is 15.6. The minimum Gasteiger partial charge on any atom is -0.324 e. The number of hydrogen-bond donors (Lipinski definition) is 1. The van der Waals surface area contributed by atoms with E-state index in [0.717, 1.165) is 5.69 Å². The highest BCUT2D eigenvalue weighted by molar-refractivity contribution is 7.99. The van der Waals surface area contributed by atoms with E-state index in [2.05, 4.69) is 10.3 Å². The van der Waals surface area contributed by atoms with Gasteiger partial charge < -0.3 is 5.32 Å². The molecule has 0 atom stereocenters. The molecule has 0 fully saturated rings. The maximum Gasteiger partial charge on any atom is 0.234 e. The van der Waals surface area contributed by atoms with Crippen molar-refractivity contribution in [2.24, 2.45) is 0 Å². The number of aromatic nitrogens is 2. The van der Waals surface area contributed by atoms with Gasteiger partial charge in [0.05, 0.1) is 17.0 Å². The van der Waals surface area contributed by atoms with E-state index in [1.54, 1.807) is 36.7 Å². The molecule has 0 radical (unpaired) electrons. The Morgan fingerprint density at radius 2 is 2.04 bits per heavy atom. The maximum absolute atomic E-state index is 12.2. The minimum atomic E-state index is -0.255. The van der Waals surface area contributed by atoms with Crippen LogP contribution in [0, 0.1) is 11.3 Å². The molecule has 26 heavy (non-hydrogen) atoms. The third-order valence-corrected chi connectivity index (χ3v) is 4.84. The van der Waals surface area contributed by atoms with E-state index < -0.39 is 0 Å². The average molecular weight is 403 g/mol. The molecule has 1 amide bonds. The Balaban J connectivity index is 1.69. The van der Waals surface area contributed by atoms with Crippen molar-refractivity contribution in [3.8, 4) is 11.8 Å². The van der Waals surface area contributed by atoms with E-state index in [1.165, 1.54) is 11.8 Å². The Kier molecular flexibility index (Phi) is 5.84. The van der Waals surface area contributed by atoms with Crippen LogP contribution in [0.1, 0.15) is 5.56 Å². The lowest BCUT2D eigenvalue weighted by Gasteiger charge is -2.09. The SMILES string of the molecule is N#Cc1ccc(Cl)cc1NC(=O)CSc1nccn1-c1cccc(Cl)c1. The molecule has 1 N–H and O–H groups in total. The van der Waals surface area contributed by atoms with Gasteiger partial charge in [0.1, 0.15) is 6.07 Å². The second-order valence-corrected chi connectivity index (χ2v) is 7.01. The lowest BCUT2D eigenvalue weighted by atomic mass is 10.2. The van der Waals surface area contributed by atoms with Crippen LogP contribution >= 0.6 is 35.0 Å². The molecular weight excluding hydrogens is 391 g/mol. The highest BCUT2D eigenvalue weighted by atomic mass is 35.5. The Hall–Kier alpha value is -2.46. The van der Waals surface area contributed by atoms with Gasteiger partial charge in [0.2, 0.25) is 5.91 Å². The van der Waals surface area contributed by atoms with Crippen LogP contribution in [0.3, 0.4) is 0 Å². The van der Waals surface area contributed by atoms with Crippen molar-refractivity contribution in [3.63, 3.8) is 0 Å². The number of amides is 1. The highest BCUT2D eigenvalue weighted by Crippen LogP contribution is 2.24. The number of benzene rings is 2. The maximum atomic E-state index is 12.2. The molecule has 0 aliphatic heterocycles. The fourth-order valence-electron chi connectivity index (χ4n) is 2.25. The number of halogens is 2. The van der Waals surface area contributed by atoms with Crippen molar-refractivity contribution in [1.82, 2.24) is 9.55 Å². The van der Waals surface area contributed by atoms with E-state index in [0.29, 0.717) is 26.5 Å². The summed E-state index contributed by atoms with van der Waals surface area (Å²) >= 11 is 13.2. The molecule has 0 bridgehead atoms. The largest absolute Gasteiger partial charge is 0.324 e. The van der Waals surface area contributed by atoms with E-state index >= 15 is 0 Å². The van der Waals surface area contributed by atoms with E-state index in [-0.39, 0.29) is 11.7 Å². The molecule has 0 aliphatic rings. The molecule has 0 unspecified atom stereocenters. The Morgan fingerprint density at radius 3 is 2.81 bits per heavy atom. The number of anilines is 1. The number of imidazole rings is 1. The third-order valence-electron chi connectivity index (χ3n) is 3.40. The van der Waals surface area contributed by atoms with Crippen LogP contribution in [0.25, 0.3) is 5.69 Å². The fraction of sp³-hybridized carbons (Fsp3) is 0.0556. The molecule has 0 saturated heterocycles. The van der Waals surface area contributed by atoms with Crippen molar-refractivity contribution in [1.29, 1.82) is 5.26 Å². The topological polar surface area (TPSA) is 70.7 Å².